The van der Waals surface area contributed by atoms with Gasteiger partial charge in [0.05, 0.1) is 11.6 Å². The highest BCUT2D eigenvalue weighted by Crippen LogP contribution is 2.15. The molecule has 6 heteroatoms. The first-order chi connectivity index (χ1) is 11.5. The summed E-state index contributed by atoms with van der Waals surface area (Å²) in [4.78, 5) is 25.4. The fourth-order valence-corrected chi connectivity index (χ4v) is 2.43. The summed E-state index contributed by atoms with van der Waals surface area (Å²) in [6.45, 7) is 2.15. The van der Waals surface area contributed by atoms with E-state index in [-0.39, 0.29) is 11.8 Å². The van der Waals surface area contributed by atoms with E-state index in [1.54, 1.807) is 53.4 Å². The Morgan fingerprint density at radius 2 is 1.75 bits per heavy atom. The van der Waals surface area contributed by atoms with Gasteiger partial charge in [0.25, 0.3) is 5.91 Å². The van der Waals surface area contributed by atoms with E-state index in [4.69, 9.17) is 5.26 Å². The molecule has 0 atom stereocenters. The van der Waals surface area contributed by atoms with Gasteiger partial charge in [-0.1, -0.05) is 15.9 Å². The van der Waals surface area contributed by atoms with E-state index < -0.39 is 0 Å². The van der Waals surface area contributed by atoms with Crippen molar-refractivity contribution in [3.63, 3.8) is 0 Å². The Kier molecular flexibility index (Phi) is 6.10. The Bertz CT molecular complexity index is 764. The van der Waals surface area contributed by atoms with E-state index in [2.05, 4.69) is 21.2 Å². The molecule has 5 nitrogen and oxygen atoms in total. The summed E-state index contributed by atoms with van der Waals surface area (Å²) in [5.74, 6) is -0.316. The zero-order valence-electron chi connectivity index (χ0n) is 13.1. The van der Waals surface area contributed by atoms with Crippen LogP contribution in [0, 0.1) is 11.3 Å². The monoisotopic (exact) mass is 385 g/mol. The lowest BCUT2D eigenvalue weighted by molar-refractivity contribution is -0.116. The second-order valence-electron chi connectivity index (χ2n) is 5.09. The molecule has 24 heavy (non-hydrogen) atoms. The second kappa shape index (κ2) is 8.27. The number of amides is 2. The number of carbonyl (C=O) groups is 2. The molecule has 2 amide bonds. The van der Waals surface area contributed by atoms with E-state index in [1.165, 1.54) is 6.92 Å². The van der Waals surface area contributed by atoms with Crippen LogP contribution >= 0.6 is 15.9 Å². The molecule has 1 N–H and O–H groups in total. The first kappa shape index (κ1) is 17.7. The highest BCUT2D eigenvalue weighted by molar-refractivity contribution is 9.10. The molecule has 0 bridgehead atoms. The minimum Gasteiger partial charge on any atom is -0.350 e. The van der Waals surface area contributed by atoms with Crippen molar-refractivity contribution in [3.8, 4) is 6.07 Å². The van der Waals surface area contributed by atoms with Crippen molar-refractivity contribution >= 4 is 33.4 Å². The average molecular weight is 386 g/mol. The maximum atomic E-state index is 12.1. The molecular formula is C18H16BrN3O2. The zero-order chi connectivity index (χ0) is 17.5. The molecule has 2 aromatic carbocycles. The molecule has 0 unspecified atom stereocenters. The van der Waals surface area contributed by atoms with Gasteiger partial charge in [-0.05, 0) is 48.5 Å². The van der Waals surface area contributed by atoms with Gasteiger partial charge in [-0.2, -0.15) is 5.26 Å². The van der Waals surface area contributed by atoms with Gasteiger partial charge in [-0.3, -0.25) is 9.59 Å². The van der Waals surface area contributed by atoms with Crippen LogP contribution in [0.4, 0.5) is 5.69 Å². The van der Waals surface area contributed by atoms with Crippen LogP contribution in [0.1, 0.15) is 22.8 Å². The van der Waals surface area contributed by atoms with Crippen molar-refractivity contribution in [3.05, 3.63) is 64.1 Å². The van der Waals surface area contributed by atoms with Crippen LogP contribution in [0.25, 0.3) is 0 Å². The van der Waals surface area contributed by atoms with Crippen LogP contribution in [0.15, 0.2) is 53.0 Å². The maximum Gasteiger partial charge on any atom is 0.251 e. The number of rotatable bonds is 5. The van der Waals surface area contributed by atoms with E-state index in [9.17, 15) is 9.59 Å². The van der Waals surface area contributed by atoms with Gasteiger partial charge in [0.15, 0.2) is 0 Å². The van der Waals surface area contributed by atoms with Crippen LogP contribution in [-0.2, 0) is 4.79 Å². The Morgan fingerprint density at radius 3 is 2.29 bits per heavy atom. The summed E-state index contributed by atoms with van der Waals surface area (Å²) in [7, 11) is 0. The number of anilines is 1. The first-order valence-corrected chi connectivity index (χ1v) is 8.12. The molecule has 0 aliphatic rings. The van der Waals surface area contributed by atoms with Crippen molar-refractivity contribution in [2.24, 2.45) is 0 Å². The molecule has 0 saturated carbocycles. The molecule has 0 radical (unpaired) electrons. The summed E-state index contributed by atoms with van der Waals surface area (Å²) < 4.78 is 0.905. The Labute approximate surface area is 149 Å². The van der Waals surface area contributed by atoms with Crippen molar-refractivity contribution in [1.29, 1.82) is 5.26 Å². The van der Waals surface area contributed by atoms with Gasteiger partial charge >= 0.3 is 0 Å². The lowest BCUT2D eigenvalue weighted by Gasteiger charge is -2.21. The smallest absolute Gasteiger partial charge is 0.251 e. The number of nitrogens with one attached hydrogen (secondary N) is 1. The number of nitrogens with zero attached hydrogens (tertiary/aromatic N) is 2. The third kappa shape index (κ3) is 4.67. The van der Waals surface area contributed by atoms with Crippen molar-refractivity contribution in [1.82, 2.24) is 5.32 Å². The highest BCUT2D eigenvalue weighted by Gasteiger charge is 2.12. The fourth-order valence-electron chi connectivity index (χ4n) is 2.17. The zero-order valence-corrected chi connectivity index (χ0v) is 14.7. The SMILES string of the molecule is CC(=O)N(CCNC(=O)c1ccc(Br)cc1)c1ccc(C#N)cc1. The summed E-state index contributed by atoms with van der Waals surface area (Å²) >= 11 is 3.32. The van der Waals surface area contributed by atoms with Gasteiger partial charge in [0.2, 0.25) is 5.91 Å². The summed E-state index contributed by atoms with van der Waals surface area (Å²) in [6.07, 6.45) is 0. The predicted molar refractivity (Wildman–Crippen MR) is 95.7 cm³/mol. The lowest BCUT2D eigenvalue weighted by Crippen LogP contribution is -2.37. The van der Waals surface area contributed by atoms with Gasteiger partial charge in [0.1, 0.15) is 0 Å². The summed E-state index contributed by atoms with van der Waals surface area (Å²) in [6, 6.07) is 15.8. The van der Waals surface area contributed by atoms with Crippen molar-refractivity contribution < 1.29 is 9.59 Å². The number of carbonyl (C=O) groups excluding carboxylic acids is 2. The number of halogens is 1. The number of benzene rings is 2. The van der Waals surface area contributed by atoms with Crippen molar-refractivity contribution in [2.45, 2.75) is 6.92 Å². The molecule has 0 aliphatic carbocycles. The van der Waals surface area contributed by atoms with E-state index in [0.29, 0.717) is 29.9 Å². The Balaban J connectivity index is 1.96. The van der Waals surface area contributed by atoms with Gasteiger partial charge in [-0.15, -0.1) is 0 Å². The molecule has 0 saturated heterocycles. The second-order valence-corrected chi connectivity index (χ2v) is 6.01. The molecule has 0 heterocycles. The van der Waals surface area contributed by atoms with E-state index in [0.717, 1.165) is 4.47 Å². The summed E-state index contributed by atoms with van der Waals surface area (Å²) in [5.41, 5.74) is 1.79. The van der Waals surface area contributed by atoms with Gasteiger partial charge < -0.3 is 10.2 Å². The minimum atomic E-state index is -0.189. The maximum absolute atomic E-state index is 12.1. The minimum absolute atomic E-state index is 0.127. The number of hydrogen-bond acceptors (Lipinski definition) is 3. The van der Waals surface area contributed by atoms with Gasteiger partial charge in [0, 0.05) is 35.7 Å². The molecule has 122 valence electrons. The number of nitriles is 1. The summed E-state index contributed by atoms with van der Waals surface area (Å²) in [5, 5.41) is 11.6. The third-order valence-corrected chi connectivity index (χ3v) is 3.94. The number of hydrogen-bond donors (Lipinski definition) is 1. The topological polar surface area (TPSA) is 73.2 Å². The standard InChI is InChI=1S/C18H16BrN3O2/c1-13(23)22(17-8-2-14(12-20)3-9-17)11-10-21-18(24)15-4-6-16(19)7-5-15/h2-9H,10-11H2,1H3,(H,21,24). The lowest BCUT2D eigenvalue weighted by atomic mass is 10.2. The Morgan fingerprint density at radius 1 is 1.12 bits per heavy atom. The fraction of sp³-hybridized carbons (Fsp3) is 0.167. The van der Waals surface area contributed by atoms with Crippen LogP contribution in [-0.4, -0.2) is 24.9 Å². The van der Waals surface area contributed by atoms with Crippen LogP contribution in [0.2, 0.25) is 0 Å². The van der Waals surface area contributed by atoms with Crippen LogP contribution < -0.4 is 10.2 Å². The first-order valence-electron chi connectivity index (χ1n) is 7.33. The third-order valence-electron chi connectivity index (χ3n) is 3.42. The van der Waals surface area contributed by atoms with Gasteiger partial charge in [-0.25, -0.2) is 0 Å². The van der Waals surface area contributed by atoms with Crippen molar-refractivity contribution in [2.75, 3.05) is 18.0 Å². The highest BCUT2D eigenvalue weighted by atomic mass is 79.9. The molecule has 0 aromatic heterocycles. The molecule has 0 fully saturated rings. The molecule has 0 aliphatic heterocycles. The molecule has 2 aromatic rings. The molecule has 2 rings (SSSR count). The van der Waals surface area contributed by atoms with E-state index >= 15 is 0 Å². The van der Waals surface area contributed by atoms with Crippen LogP contribution in [0.3, 0.4) is 0 Å². The average Bonchev–Trinajstić information content (AvgIpc) is 2.59. The quantitative estimate of drug-likeness (QED) is 0.858. The van der Waals surface area contributed by atoms with E-state index in [1.807, 2.05) is 6.07 Å². The largest absolute Gasteiger partial charge is 0.350 e. The normalized spacial score (nSPS) is 9.88. The molecular weight excluding hydrogens is 370 g/mol. The Hall–Kier alpha value is -2.65. The predicted octanol–water partition coefficient (Wildman–Crippen LogP) is 3.10. The molecule has 0 spiro atoms. The van der Waals surface area contributed by atoms with Crippen LogP contribution in [0.5, 0.6) is 0 Å².